The van der Waals surface area contributed by atoms with Crippen molar-refractivity contribution in [2.24, 2.45) is 0 Å². The smallest absolute Gasteiger partial charge is 0.239 e. The number of thioether (sulfide) groups is 1. The summed E-state index contributed by atoms with van der Waals surface area (Å²) in [5, 5.41) is 0. The molecule has 6 nitrogen and oxygen atoms in total. The predicted molar refractivity (Wildman–Crippen MR) is 86.7 cm³/mol. The molecule has 118 valence electrons. The second-order valence-electron chi connectivity index (χ2n) is 4.81. The molecular weight excluding hydrogens is 310 g/mol. The van der Waals surface area contributed by atoms with Crippen molar-refractivity contribution in [3.63, 3.8) is 0 Å². The maximum atomic E-state index is 11.9. The van der Waals surface area contributed by atoms with E-state index >= 15 is 0 Å². The molecule has 0 heterocycles. The molecule has 0 aliphatic carbocycles. The van der Waals surface area contributed by atoms with Crippen molar-refractivity contribution < 1.29 is 13.2 Å². The van der Waals surface area contributed by atoms with Crippen LogP contribution in [-0.4, -0.2) is 50.9 Å². The number of hydrogen-bond donors (Lipinski definition) is 2. The van der Waals surface area contributed by atoms with E-state index < -0.39 is 16.1 Å². The molecule has 1 aromatic carbocycles. The fourth-order valence-corrected chi connectivity index (χ4v) is 4.24. The van der Waals surface area contributed by atoms with Crippen molar-refractivity contribution in [3.8, 4) is 0 Å². The summed E-state index contributed by atoms with van der Waals surface area (Å²) >= 11 is 1.41. The van der Waals surface area contributed by atoms with Gasteiger partial charge in [0.05, 0.1) is 11.8 Å². The van der Waals surface area contributed by atoms with E-state index in [2.05, 4.69) is 4.72 Å². The molecule has 0 saturated carbocycles. The largest absolute Gasteiger partial charge is 0.399 e. The van der Waals surface area contributed by atoms with Crippen molar-refractivity contribution in [3.05, 3.63) is 24.3 Å². The minimum atomic E-state index is -3.49. The highest BCUT2D eigenvalue weighted by Crippen LogP contribution is 2.20. The van der Waals surface area contributed by atoms with Crippen LogP contribution in [0.15, 0.2) is 29.2 Å². The standard InChI is InChI=1S/C13H21N3O3S2/c1-10(13(17)16(2)3)15-21(18,19)8-7-20-12-6-4-5-11(14)9-12/h4-6,9-10,15H,7-8,14H2,1-3H3. The molecule has 0 bridgehead atoms. The zero-order valence-electron chi connectivity index (χ0n) is 12.4. The third kappa shape index (κ3) is 6.36. The number of likely N-dealkylation sites (N-methyl/N-ethyl adjacent to an activating group) is 1. The molecule has 3 N–H and O–H groups in total. The zero-order valence-corrected chi connectivity index (χ0v) is 14.0. The predicted octanol–water partition coefficient (Wildman–Crippen LogP) is 0.757. The van der Waals surface area contributed by atoms with Crippen LogP contribution in [0, 0.1) is 0 Å². The number of nitrogens with zero attached hydrogens (tertiary/aromatic N) is 1. The number of anilines is 1. The molecular formula is C13H21N3O3S2. The second kappa shape index (κ2) is 7.67. The average molecular weight is 331 g/mol. The van der Waals surface area contributed by atoms with Gasteiger partial charge in [0.2, 0.25) is 15.9 Å². The lowest BCUT2D eigenvalue weighted by molar-refractivity contribution is -0.130. The van der Waals surface area contributed by atoms with Gasteiger partial charge in [-0.3, -0.25) is 4.79 Å². The number of nitrogens with one attached hydrogen (secondary N) is 1. The van der Waals surface area contributed by atoms with Gasteiger partial charge in [-0.1, -0.05) is 6.07 Å². The molecule has 0 saturated heterocycles. The molecule has 0 aliphatic rings. The summed E-state index contributed by atoms with van der Waals surface area (Å²) in [6.45, 7) is 1.53. The summed E-state index contributed by atoms with van der Waals surface area (Å²) in [5.74, 6) is 0.0566. The van der Waals surface area contributed by atoms with E-state index in [0.29, 0.717) is 11.4 Å². The van der Waals surface area contributed by atoms with Crippen molar-refractivity contribution in [2.45, 2.75) is 17.9 Å². The van der Waals surface area contributed by atoms with Gasteiger partial charge in [-0.15, -0.1) is 11.8 Å². The lowest BCUT2D eigenvalue weighted by Crippen LogP contribution is -2.45. The first-order chi connectivity index (χ1) is 9.71. The maximum Gasteiger partial charge on any atom is 0.239 e. The molecule has 1 rings (SSSR count). The molecule has 0 aromatic heterocycles. The molecule has 1 unspecified atom stereocenters. The highest BCUT2D eigenvalue weighted by atomic mass is 32.2. The Morgan fingerprint density at radius 2 is 2.10 bits per heavy atom. The van der Waals surface area contributed by atoms with Crippen LogP contribution in [0.4, 0.5) is 5.69 Å². The summed E-state index contributed by atoms with van der Waals surface area (Å²) in [7, 11) is -0.317. The van der Waals surface area contributed by atoms with Gasteiger partial charge in [-0.25, -0.2) is 13.1 Å². The molecule has 1 amide bonds. The van der Waals surface area contributed by atoms with E-state index in [9.17, 15) is 13.2 Å². The van der Waals surface area contributed by atoms with Gasteiger partial charge >= 0.3 is 0 Å². The molecule has 8 heteroatoms. The topological polar surface area (TPSA) is 92.5 Å². The van der Waals surface area contributed by atoms with Crippen molar-refractivity contribution in [1.82, 2.24) is 9.62 Å². The van der Waals surface area contributed by atoms with Gasteiger partial charge in [-0.2, -0.15) is 0 Å². The Balaban J connectivity index is 2.48. The first-order valence-corrected chi connectivity index (χ1v) is 9.04. The van der Waals surface area contributed by atoms with Crippen molar-refractivity contribution in [2.75, 3.05) is 31.3 Å². The van der Waals surface area contributed by atoms with Gasteiger partial charge in [0, 0.05) is 30.4 Å². The van der Waals surface area contributed by atoms with Crippen molar-refractivity contribution >= 4 is 33.4 Å². The quantitative estimate of drug-likeness (QED) is 0.568. The van der Waals surface area contributed by atoms with Gasteiger partial charge in [0.1, 0.15) is 0 Å². The van der Waals surface area contributed by atoms with E-state index in [1.165, 1.54) is 23.6 Å². The van der Waals surface area contributed by atoms with Crippen LogP contribution in [0.3, 0.4) is 0 Å². The SMILES string of the molecule is CC(NS(=O)(=O)CCSc1cccc(N)c1)C(=O)N(C)C. The molecule has 0 fully saturated rings. The summed E-state index contributed by atoms with van der Waals surface area (Å²) in [6, 6.07) is 6.50. The number of benzene rings is 1. The number of hydrogen-bond acceptors (Lipinski definition) is 5. The van der Waals surface area contributed by atoms with Crippen LogP contribution in [0.1, 0.15) is 6.92 Å². The summed E-state index contributed by atoms with van der Waals surface area (Å²) in [4.78, 5) is 13.9. The maximum absolute atomic E-state index is 11.9. The Kier molecular flexibility index (Phi) is 6.50. The number of rotatable bonds is 7. The van der Waals surface area contributed by atoms with Gasteiger partial charge < -0.3 is 10.6 Å². The first-order valence-electron chi connectivity index (χ1n) is 6.41. The Hall–Kier alpha value is -1.25. The van der Waals surface area contributed by atoms with Crippen LogP contribution < -0.4 is 10.5 Å². The second-order valence-corrected chi connectivity index (χ2v) is 7.85. The van der Waals surface area contributed by atoms with Crippen LogP contribution in [-0.2, 0) is 14.8 Å². The normalized spacial score (nSPS) is 12.9. The molecule has 0 aliphatic heterocycles. The van der Waals surface area contributed by atoms with Crippen LogP contribution in [0.5, 0.6) is 0 Å². The minimum Gasteiger partial charge on any atom is -0.399 e. The zero-order chi connectivity index (χ0) is 16.0. The molecule has 1 aromatic rings. The monoisotopic (exact) mass is 331 g/mol. The van der Waals surface area contributed by atoms with Crippen LogP contribution in [0.2, 0.25) is 0 Å². The Bertz CT molecular complexity index is 588. The first kappa shape index (κ1) is 17.8. The van der Waals surface area contributed by atoms with Gasteiger partial charge in [0.25, 0.3) is 0 Å². The highest BCUT2D eigenvalue weighted by Gasteiger charge is 2.21. The van der Waals surface area contributed by atoms with Crippen LogP contribution >= 0.6 is 11.8 Å². The molecule has 21 heavy (non-hydrogen) atoms. The van der Waals surface area contributed by atoms with Gasteiger partial charge in [-0.05, 0) is 25.1 Å². The molecule has 1 atom stereocenters. The number of amides is 1. The van der Waals surface area contributed by atoms with Crippen molar-refractivity contribution in [1.29, 1.82) is 0 Å². The lowest BCUT2D eigenvalue weighted by atomic mass is 10.3. The van der Waals surface area contributed by atoms with E-state index in [-0.39, 0.29) is 11.7 Å². The molecule has 0 spiro atoms. The number of nitrogens with two attached hydrogens (primary N) is 1. The minimum absolute atomic E-state index is 0.0580. The van der Waals surface area contributed by atoms with E-state index in [1.54, 1.807) is 26.2 Å². The Labute approximate surface area is 130 Å². The number of carbonyl (C=O) groups is 1. The van der Waals surface area contributed by atoms with Crippen LogP contribution in [0.25, 0.3) is 0 Å². The summed E-state index contributed by atoms with van der Waals surface area (Å²) in [5.41, 5.74) is 6.30. The fraction of sp³-hybridized carbons (Fsp3) is 0.462. The summed E-state index contributed by atoms with van der Waals surface area (Å²) < 4.78 is 26.2. The fourth-order valence-electron chi connectivity index (χ4n) is 1.64. The Morgan fingerprint density at radius 1 is 1.43 bits per heavy atom. The van der Waals surface area contributed by atoms with Gasteiger partial charge in [0.15, 0.2) is 0 Å². The number of carbonyl (C=O) groups excluding carboxylic acids is 1. The van der Waals surface area contributed by atoms with E-state index in [1.807, 2.05) is 12.1 Å². The third-order valence-corrected chi connectivity index (χ3v) is 5.35. The lowest BCUT2D eigenvalue weighted by Gasteiger charge is -2.17. The summed E-state index contributed by atoms with van der Waals surface area (Å²) in [6.07, 6.45) is 0. The van der Waals surface area contributed by atoms with E-state index in [4.69, 9.17) is 5.73 Å². The molecule has 0 radical (unpaired) electrons. The van der Waals surface area contributed by atoms with E-state index in [0.717, 1.165) is 4.90 Å². The third-order valence-electron chi connectivity index (χ3n) is 2.65. The Morgan fingerprint density at radius 3 is 2.67 bits per heavy atom. The number of sulfonamides is 1. The number of nitrogen functional groups attached to an aromatic ring is 1. The highest BCUT2D eigenvalue weighted by molar-refractivity contribution is 8.00. The average Bonchev–Trinajstić information content (AvgIpc) is 2.36.